The van der Waals surface area contributed by atoms with Gasteiger partial charge < -0.3 is 20.6 Å². The van der Waals surface area contributed by atoms with Gasteiger partial charge in [0.1, 0.15) is 12.1 Å². The van der Waals surface area contributed by atoms with Crippen molar-refractivity contribution >= 4 is 5.91 Å². The molecule has 0 unspecified atom stereocenters. The Morgan fingerprint density at radius 1 is 1.31 bits per heavy atom. The molecule has 0 atom stereocenters. The van der Waals surface area contributed by atoms with Crippen LogP contribution in [0.2, 0.25) is 0 Å². The average Bonchev–Trinajstić information content (AvgIpc) is 2.79. The monoisotopic (exact) mass is 230 g/mol. The van der Waals surface area contributed by atoms with Crippen molar-refractivity contribution in [3.63, 3.8) is 0 Å². The SMILES string of the molecule is O=C(Cn1ccnn1)NC(CO)(CO)CO. The number of carbonyl (C=O) groups excluding carboxylic acids is 1. The molecule has 4 N–H and O–H groups in total. The fraction of sp³-hybridized carbons (Fsp3) is 0.625. The van der Waals surface area contributed by atoms with Gasteiger partial charge in [-0.05, 0) is 0 Å². The first-order valence-electron chi connectivity index (χ1n) is 4.63. The molecule has 1 heterocycles. The van der Waals surface area contributed by atoms with Crippen LogP contribution in [0.5, 0.6) is 0 Å². The van der Waals surface area contributed by atoms with E-state index in [4.69, 9.17) is 15.3 Å². The lowest BCUT2D eigenvalue weighted by Crippen LogP contribution is -2.57. The molecule has 1 aromatic rings. The van der Waals surface area contributed by atoms with E-state index in [1.54, 1.807) is 0 Å². The van der Waals surface area contributed by atoms with Crippen molar-refractivity contribution in [3.8, 4) is 0 Å². The standard InChI is InChI=1S/C8H14N4O4/c13-4-8(5-14,6-15)10-7(16)3-12-2-1-9-11-12/h1-2,13-15H,3-6H2,(H,10,16). The second-order valence-corrected chi connectivity index (χ2v) is 3.40. The molecule has 1 amide bonds. The van der Waals surface area contributed by atoms with Gasteiger partial charge in [0.05, 0.1) is 26.0 Å². The van der Waals surface area contributed by atoms with Gasteiger partial charge in [0.2, 0.25) is 5.91 Å². The molecule has 0 saturated carbocycles. The molecule has 1 aromatic heterocycles. The third-order valence-corrected chi connectivity index (χ3v) is 2.09. The molecule has 0 spiro atoms. The second kappa shape index (κ2) is 5.54. The van der Waals surface area contributed by atoms with Crippen molar-refractivity contribution in [2.75, 3.05) is 19.8 Å². The van der Waals surface area contributed by atoms with Gasteiger partial charge in [-0.15, -0.1) is 5.10 Å². The Morgan fingerprint density at radius 2 is 1.94 bits per heavy atom. The number of amides is 1. The minimum Gasteiger partial charge on any atom is -0.394 e. The van der Waals surface area contributed by atoms with Gasteiger partial charge in [-0.3, -0.25) is 4.79 Å². The van der Waals surface area contributed by atoms with Crippen molar-refractivity contribution in [1.29, 1.82) is 0 Å². The summed E-state index contributed by atoms with van der Waals surface area (Å²) in [7, 11) is 0. The lowest BCUT2D eigenvalue weighted by molar-refractivity contribution is -0.126. The van der Waals surface area contributed by atoms with Gasteiger partial charge in [-0.25, -0.2) is 4.68 Å². The minimum absolute atomic E-state index is 0.0955. The van der Waals surface area contributed by atoms with Crippen LogP contribution in [0.1, 0.15) is 0 Å². The Hall–Kier alpha value is -1.51. The first kappa shape index (κ1) is 12.6. The van der Waals surface area contributed by atoms with E-state index in [1.807, 2.05) is 0 Å². The second-order valence-electron chi connectivity index (χ2n) is 3.40. The number of nitrogens with zero attached hydrogens (tertiary/aromatic N) is 3. The number of aliphatic hydroxyl groups is 3. The van der Waals surface area contributed by atoms with Crippen molar-refractivity contribution < 1.29 is 20.1 Å². The molecule has 1 rings (SSSR count). The lowest BCUT2D eigenvalue weighted by Gasteiger charge is -2.28. The maximum Gasteiger partial charge on any atom is 0.242 e. The molecule has 8 nitrogen and oxygen atoms in total. The number of carbonyl (C=O) groups is 1. The van der Waals surface area contributed by atoms with Crippen molar-refractivity contribution in [2.24, 2.45) is 0 Å². The van der Waals surface area contributed by atoms with Gasteiger partial charge in [-0.2, -0.15) is 0 Å². The summed E-state index contributed by atoms with van der Waals surface area (Å²) >= 11 is 0. The molecule has 0 bridgehead atoms. The Bertz CT molecular complexity index is 315. The number of aliphatic hydroxyl groups excluding tert-OH is 3. The molecule has 0 aliphatic heterocycles. The van der Waals surface area contributed by atoms with E-state index in [-0.39, 0.29) is 6.54 Å². The van der Waals surface area contributed by atoms with Crippen molar-refractivity contribution in [2.45, 2.75) is 12.1 Å². The topological polar surface area (TPSA) is 121 Å². The van der Waals surface area contributed by atoms with Crippen LogP contribution in [0.15, 0.2) is 12.4 Å². The van der Waals surface area contributed by atoms with Gasteiger partial charge in [0, 0.05) is 6.20 Å². The van der Waals surface area contributed by atoms with Crippen LogP contribution in [-0.4, -0.2) is 61.6 Å². The largest absolute Gasteiger partial charge is 0.394 e. The van der Waals surface area contributed by atoms with E-state index in [0.717, 1.165) is 0 Å². The van der Waals surface area contributed by atoms with E-state index in [9.17, 15) is 4.79 Å². The molecule has 90 valence electrons. The molecule has 0 fully saturated rings. The summed E-state index contributed by atoms with van der Waals surface area (Å²) in [5, 5.41) is 36.4. The first-order chi connectivity index (χ1) is 7.65. The molecular weight excluding hydrogens is 216 g/mol. The van der Waals surface area contributed by atoms with E-state index < -0.39 is 31.3 Å². The Labute approximate surface area is 91.5 Å². The average molecular weight is 230 g/mol. The number of aromatic nitrogens is 3. The van der Waals surface area contributed by atoms with Crippen molar-refractivity contribution in [1.82, 2.24) is 20.3 Å². The van der Waals surface area contributed by atoms with Crippen LogP contribution in [0.25, 0.3) is 0 Å². The highest BCUT2D eigenvalue weighted by Crippen LogP contribution is 2.01. The lowest BCUT2D eigenvalue weighted by atomic mass is 10.0. The normalized spacial score (nSPS) is 11.4. The van der Waals surface area contributed by atoms with Crippen LogP contribution in [0.4, 0.5) is 0 Å². The summed E-state index contributed by atoms with van der Waals surface area (Å²) in [6.07, 6.45) is 2.92. The number of nitrogens with one attached hydrogen (secondary N) is 1. The third kappa shape index (κ3) is 2.99. The van der Waals surface area contributed by atoms with Crippen LogP contribution in [0, 0.1) is 0 Å². The maximum atomic E-state index is 11.5. The zero-order valence-electron chi connectivity index (χ0n) is 8.57. The zero-order chi connectivity index (χ0) is 12.0. The Morgan fingerprint density at radius 3 is 2.38 bits per heavy atom. The van der Waals surface area contributed by atoms with Crippen LogP contribution < -0.4 is 5.32 Å². The summed E-state index contributed by atoms with van der Waals surface area (Å²) in [6, 6.07) is 0. The fourth-order valence-corrected chi connectivity index (χ4v) is 1.07. The molecule has 0 saturated heterocycles. The summed E-state index contributed by atoms with van der Waals surface area (Å²) in [6.45, 7) is -1.75. The number of hydrogen-bond acceptors (Lipinski definition) is 6. The van der Waals surface area contributed by atoms with Crippen LogP contribution >= 0.6 is 0 Å². The van der Waals surface area contributed by atoms with Crippen molar-refractivity contribution in [3.05, 3.63) is 12.4 Å². The third-order valence-electron chi connectivity index (χ3n) is 2.09. The van der Waals surface area contributed by atoms with E-state index in [2.05, 4.69) is 15.6 Å². The van der Waals surface area contributed by atoms with E-state index in [1.165, 1.54) is 17.1 Å². The first-order valence-corrected chi connectivity index (χ1v) is 4.63. The molecule has 0 aromatic carbocycles. The highest BCUT2D eigenvalue weighted by molar-refractivity contribution is 5.76. The molecule has 0 aliphatic rings. The zero-order valence-corrected chi connectivity index (χ0v) is 8.57. The fourth-order valence-electron chi connectivity index (χ4n) is 1.07. The Kier molecular flexibility index (Phi) is 4.35. The van der Waals surface area contributed by atoms with Crippen LogP contribution in [0.3, 0.4) is 0 Å². The highest BCUT2D eigenvalue weighted by Gasteiger charge is 2.29. The smallest absolute Gasteiger partial charge is 0.242 e. The summed E-state index contributed by atoms with van der Waals surface area (Å²) in [4.78, 5) is 11.5. The Balaban J connectivity index is 2.55. The number of rotatable bonds is 6. The highest BCUT2D eigenvalue weighted by atomic mass is 16.3. The maximum absolute atomic E-state index is 11.5. The molecule has 16 heavy (non-hydrogen) atoms. The van der Waals surface area contributed by atoms with Crippen LogP contribution in [-0.2, 0) is 11.3 Å². The minimum atomic E-state index is -1.41. The molecule has 0 aliphatic carbocycles. The van der Waals surface area contributed by atoms with Gasteiger partial charge in [0.25, 0.3) is 0 Å². The predicted octanol–water partition coefficient (Wildman–Crippen LogP) is -2.89. The number of hydrogen-bond donors (Lipinski definition) is 4. The quantitative estimate of drug-likeness (QED) is 0.416. The van der Waals surface area contributed by atoms with E-state index >= 15 is 0 Å². The van der Waals surface area contributed by atoms with Gasteiger partial charge >= 0.3 is 0 Å². The predicted molar refractivity (Wildman–Crippen MR) is 52.2 cm³/mol. The van der Waals surface area contributed by atoms with Gasteiger partial charge in [-0.1, -0.05) is 5.21 Å². The molecular formula is C8H14N4O4. The molecule has 8 heteroatoms. The molecule has 0 radical (unpaired) electrons. The summed E-state index contributed by atoms with van der Waals surface area (Å²) in [5.74, 6) is -0.484. The summed E-state index contributed by atoms with van der Waals surface area (Å²) < 4.78 is 1.28. The van der Waals surface area contributed by atoms with E-state index in [0.29, 0.717) is 0 Å². The summed E-state index contributed by atoms with van der Waals surface area (Å²) in [5.41, 5.74) is -1.41. The van der Waals surface area contributed by atoms with Gasteiger partial charge in [0.15, 0.2) is 0 Å².